The van der Waals surface area contributed by atoms with E-state index in [-0.39, 0.29) is 9.52 Å². The van der Waals surface area contributed by atoms with E-state index in [1.807, 2.05) is 0 Å². The molecule has 0 nitrogen and oxygen atoms in total. The molecule has 2 heteroatoms. The summed E-state index contributed by atoms with van der Waals surface area (Å²) in [6, 6.07) is 1.37. The van der Waals surface area contributed by atoms with E-state index in [1.54, 1.807) is 0 Å². The molecule has 0 heterocycles. The molecule has 0 bridgehead atoms. The standard InChI is InChI=1S/C6H15ClSi/c1-4-8-6(2,3)5-7/h4-5,8H2,1-3H3. The van der Waals surface area contributed by atoms with Gasteiger partial charge in [-0.05, 0) is 5.04 Å². The predicted molar refractivity (Wildman–Crippen MR) is 43.8 cm³/mol. The minimum Gasteiger partial charge on any atom is -0.126 e. The second-order valence-electron chi connectivity index (χ2n) is 3.05. The molecule has 0 fully saturated rings. The summed E-state index contributed by atoms with van der Waals surface area (Å²) in [5.41, 5.74) is 0. The van der Waals surface area contributed by atoms with Crippen molar-refractivity contribution in [2.75, 3.05) is 5.88 Å². The molecule has 0 rings (SSSR count). The van der Waals surface area contributed by atoms with Gasteiger partial charge in [0.1, 0.15) is 0 Å². The highest BCUT2D eigenvalue weighted by Gasteiger charge is 2.14. The van der Waals surface area contributed by atoms with Gasteiger partial charge in [0.05, 0.1) is 0 Å². The van der Waals surface area contributed by atoms with Crippen molar-refractivity contribution < 1.29 is 0 Å². The molecule has 50 valence electrons. The highest BCUT2D eigenvalue weighted by Crippen LogP contribution is 2.24. The third-order valence-corrected chi connectivity index (χ3v) is 4.43. The molecule has 0 aromatic rings. The molecule has 0 N–H and O–H groups in total. The maximum Gasteiger partial charge on any atom is 0.0276 e. The Morgan fingerprint density at radius 3 is 2.12 bits per heavy atom. The van der Waals surface area contributed by atoms with E-state index < -0.39 is 0 Å². The van der Waals surface area contributed by atoms with Gasteiger partial charge < -0.3 is 0 Å². The van der Waals surface area contributed by atoms with Gasteiger partial charge in [-0.25, -0.2) is 0 Å². The Balaban J connectivity index is 3.37. The Morgan fingerprint density at radius 2 is 2.00 bits per heavy atom. The van der Waals surface area contributed by atoms with Gasteiger partial charge in [0.15, 0.2) is 0 Å². The number of hydrogen-bond donors (Lipinski definition) is 0. The van der Waals surface area contributed by atoms with Crippen LogP contribution in [0, 0.1) is 0 Å². The Labute approximate surface area is 59.4 Å². The van der Waals surface area contributed by atoms with Crippen molar-refractivity contribution in [1.29, 1.82) is 0 Å². The maximum absolute atomic E-state index is 5.71. The van der Waals surface area contributed by atoms with Crippen LogP contribution in [0.25, 0.3) is 0 Å². The van der Waals surface area contributed by atoms with Crippen LogP contribution in [0.5, 0.6) is 0 Å². The van der Waals surface area contributed by atoms with Crippen molar-refractivity contribution in [1.82, 2.24) is 0 Å². The number of alkyl halides is 1. The summed E-state index contributed by atoms with van der Waals surface area (Å²) in [5.74, 6) is 0.840. The molecule has 0 aromatic carbocycles. The highest BCUT2D eigenvalue weighted by molar-refractivity contribution is 6.42. The molecule has 0 aliphatic carbocycles. The molecule has 0 spiro atoms. The van der Waals surface area contributed by atoms with Gasteiger partial charge in [-0.15, -0.1) is 11.6 Å². The molecule has 0 saturated carbocycles. The highest BCUT2D eigenvalue weighted by atomic mass is 35.5. The fourth-order valence-corrected chi connectivity index (χ4v) is 2.63. The summed E-state index contributed by atoms with van der Waals surface area (Å²) in [6.45, 7) is 6.77. The van der Waals surface area contributed by atoms with Crippen molar-refractivity contribution >= 4 is 21.1 Å². The molecular weight excluding hydrogens is 136 g/mol. The first-order chi connectivity index (χ1) is 3.62. The second-order valence-corrected chi connectivity index (χ2v) is 6.73. The summed E-state index contributed by atoms with van der Waals surface area (Å²) >= 11 is 5.71. The van der Waals surface area contributed by atoms with Crippen LogP contribution < -0.4 is 0 Å². The third kappa shape index (κ3) is 3.50. The number of rotatable bonds is 3. The van der Waals surface area contributed by atoms with Crippen LogP contribution in [0.1, 0.15) is 20.8 Å². The zero-order valence-electron chi connectivity index (χ0n) is 6.00. The van der Waals surface area contributed by atoms with Gasteiger partial charge in [0, 0.05) is 15.4 Å². The molecule has 0 atom stereocenters. The fourth-order valence-electron chi connectivity index (χ4n) is 0.744. The molecule has 0 aliphatic rings. The first kappa shape index (κ1) is 8.51. The van der Waals surface area contributed by atoms with Crippen molar-refractivity contribution in [2.24, 2.45) is 0 Å². The molecule has 0 amide bonds. The van der Waals surface area contributed by atoms with Crippen LogP contribution in [0.15, 0.2) is 0 Å². The first-order valence-electron chi connectivity index (χ1n) is 3.18. The van der Waals surface area contributed by atoms with Crippen molar-refractivity contribution in [3.8, 4) is 0 Å². The fraction of sp³-hybridized carbons (Fsp3) is 1.00. The topological polar surface area (TPSA) is 0 Å². The third-order valence-electron chi connectivity index (χ3n) is 1.29. The van der Waals surface area contributed by atoms with Crippen molar-refractivity contribution in [2.45, 2.75) is 31.9 Å². The molecule has 0 radical (unpaired) electrons. The van der Waals surface area contributed by atoms with E-state index in [0.717, 1.165) is 5.88 Å². The molecule has 8 heavy (non-hydrogen) atoms. The maximum atomic E-state index is 5.71. The smallest absolute Gasteiger partial charge is 0.0276 e. The Kier molecular flexibility index (Phi) is 3.74. The van der Waals surface area contributed by atoms with Gasteiger partial charge >= 0.3 is 0 Å². The van der Waals surface area contributed by atoms with E-state index in [9.17, 15) is 0 Å². The zero-order valence-corrected chi connectivity index (χ0v) is 8.17. The van der Waals surface area contributed by atoms with Crippen molar-refractivity contribution in [3.63, 3.8) is 0 Å². The van der Waals surface area contributed by atoms with E-state index >= 15 is 0 Å². The Bertz CT molecular complexity index is 61.5. The minimum atomic E-state index is 0.118. The largest absolute Gasteiger partial charge is 0.126 e. The van der Waals surface area contributed by atoms with Crippen LogP contribution in [-0.4, -0.2) is 15.4 Å². The van der Waals surface area contributed by atoms with Crippen LogP contribution in [0.3, 0.4) is 0 Å². The van der Waals surface area contributed by atoms with E-state index in [2.05, 4.69) is 20.8 Å². The summed E-state index contributed by atoms with van der Waals surface area (Å²) in [6.07, 6.45) is 0. The molecular formula is C6H15ClSi. The summed E-state index contributed by atoms with van der Waals surface area (Å²) in [4.78, 5) is 0. The van der Waals surface area contributed by atoms with E-state index in [0.29, 0.717) is 5.04 Å². The van der Waals surface area contributed by atoms with Gasteiger partial charge in [0.25, 0.3) is 0 Å². The van der Waals surface area contributed by atoms with Crippen LogP contribution >= 0.6 is 11.6 Å². The number of hydrogen-bond acceptors (Lipinski definition) is 0. The second kappa shape index (κ2) is 3.52. The average molecular weight is 151 g/mol. The van der Waals surface area contributed by atoms with Gasteiger partial charge in [-0.1, -0.05) is 26.8 Å². The summed E-state index contributed by atoms with van der Waals surface area (Å²) < 4.78 is 0. The van der Waals surface area contributed by atoms with Crippen molar-refractivity contribution in [3.05, 3.63) is 0 Å². The van der Waals surface area contributed by atoms with E-state index in [1.165, 1.54) is 6.04 Å². The monoisotopic (exact) mass is 150 g/mol. The normalized spacial score (nSPS) is 13.5. The quantitative estimate of drug-likeness (QED) is 0.427. The molecule has 0 saturated heterocycles. The lowest BCUT2D eigenvalue weighted by atomic mass is 10.2. The minimum absolute atomic E-state index is 0.118. The van der Waals surface area contributed by atoms with Gasteiger partial charge in [-0.2, -0.15) is 0 Å². The van der Waals surface area contributed by atoms with Gasteiger partial charge in [-0.3, -0.25) is 0 Å². The van der Waals surface area contributed by atoms with Crippen LogP contribution in [-0.2, 0) is 0 Å². The lowest BCUT2D eigenvalue weighted by molar-refractivity contribution is 0.758. The Morgan fingerprint density at radius 1 is 1.50 bits per heavy atom. The average Bonchev–Trinajstić information content (AvgIpc) is 1.67. The SMILES string of the molecule is CC[SiH2]C(C)(C)CCl. The van der Waals surface area contributed by atoms with Crippen LogP contribution in [0.4, 0.5) is 0 Å². The molecule has 0 aromatic heterocycles. The lowest BCUT2D eigenvalue weighted by Gasteiger charge is -2.18. The number of halogens is 1. The zero-order chi connectivity index (χ0) is 6.62. The predicted octanol–water partition coefficient (Wildman–Crippen LogP) is 2.03. The van der Waals surface area contributed by atoms with E-state index in [4.69, 9.17) is 11.6 Å². The molecule has 0 aliphatic heterocycles. The Hall–Kier alpha value is 0.507. The van der Waals surface area contributed by atoms with Crippen LogP contribution in [0.2, 0.25) is 11.1 Å². The first-order valence-corrected chi connectivity index (χ1v) is 5.42. The summed E-state index contributed by atoms with van der Waals surface area (Å²) in [7, 11) is 0.118. The van der Waals surface area contributed by atoms with Gasteiger partial charge in [0.2, 0.25) is 0 Å². The summed E-state index contributed by atoms with van der Waals surface area (Å²) in [5, 5.41) is 0.496. The lowest BCUT2D eigenvalue weighted by Crippen LogP contribution is -2.12. The molecule has 0 unspecified atom stereocenters.